The molecule has 1 heterocycles. The van der Waals surface area contributed by atoms with Crippen molar-refractivity contribution >= 4 is 0 Å². The standard InChI is InChI=1S/C11H20O2/c1-2-3-4-7-10(12)11-8-5-6-9-13-11/h8,10,12H,2-7,9H2,1H3. The van der Waals surface area contributed by atoms with Crippen LogP contribution in [0.1, 0.15) is 45.4 Å². The fourth-order valence-electron chi connectivity index (χ4n) is 1.54. The molecule has 0 radical (unpaired) electrons. The summed E-state index contributed by atoms with van der Waals surface area (Å²) in [7, 11) is 0. The molecule has 0 saturated heterocycles. The SMILES string of the molecule is CCCCCC(O)C1=CCCCO1. The van der Waals surface area contributed by atoms with Crippen LogP contribution in [0.25, 0.3) is 0 Å². The molecule has 0 aromatic rings. The van der Waals surface area contributed by atoms with Crippen LogP contribution in [-0.2, 0) is 4.74 Å². The Kier molecular flexibility index (Phi) is 4.91. The number of hydrogen-bond donors (Lipinski definition) is 1. The molecule has 76 valence electrons. The molecule has 13 heavy (non-hydrogen) atoms. The van der Waals surface area contributed by atoms with Crippen molar-refractivity contribution in [1.29, 1.82) is 0 Å². The maximum Gasteiger partial charge on any atom is 0.120 e. The smallest absolute Gasteiger partial charge is 0.120 e. The summed E-state index contributed by atoms with van der Waals surface area (Å²) < 4.78 is 5.38. The van der Waals surface area contributed by atoms with E-state index in [4.69, 9.17) is 4.74 Å². The number of unbranched alkanes of at least 4 members (excludes halogenated alkanes) is 2. The Labute approximate surface area is 80.6 Å². The molecule has 1 aliphatic rings. The van der Waals surface area contributed by atoms with Gasteiger partial charge in [0.25, 0.3) is 0 Å². The highest BCUT2D eigenvalue weighted by atomic mass is 16.5. The van der Waals surface area contributed by atoms with Gasteiger partial charge < -0.3 is 9.84 Å². The molecule has 0 amide bonds. The minimum absolute atomic E-state index is 0.355. The van der Waals surface area contributed by atoms with Crippen molar-refractivity contribution in [3.63, 3.8) is 0 Å². The topological polar surface area (TPSA) is 29.5 Å². The molecule has 0 fully saturated rings. The summed E-state index contributed by atoms with van der Waals surface area (Å²) in [6, 6.07) is 0. The lowest BCUT2D eigenvalue weighted by Gasteiger charge is -2.19. The second kappa shape index (κ2) is 6.03. The van der Waals surface area contributed by atoms with E-state index >= 15 is 0 Å². The molecule has 0 aromatic carbocycles. The summed E-state index contributed by atoms with van der Waals surface area (Å²) in [5.74, 6) is 0.808. The Bertz CT molecular complexity index is 163. The predicted molar refractivity (Wildman–Crippen MR) is 53.4 cm³/mol. The van der Waals surface area contributed by atoms with Gasteiger partial charge in [0.05, 0.1) is 6.61 Å². The van der Waals surface area contributed by atoms with E-state index in [0.717, 1.165) is 38.0 Å². The molecule has 0 bridgehead atoms. The maximum atomic E-state index is 9.71. The Hall–Kier alpha value is -0.500. The molecule has 0 spiro atoms. The Morgan fingerprint density at radius 1 is 1.54 bits per heavy atom. The van der Waals surface area contributed by atoms with Gasteiger partial charge in [0.15, 0.2) is 0 Å². The van der Waals surface area contributed by atoms with Crippen LogP contribution in [0.4, 0.5) is 0 Å². The third-order valence-corrected chi connectivity index (χ3v) is 2.37. The molecule has 1 atom stereocenters. The van der Waals surface area contributed by atoms with Crippen LogP contribution in [0.15, 0.2) is 11.8 Å². The van der Waals surface area contributed by atoms with Crippen LogP contribution in [-0.4, -0.2) is 17.8 Å². The molecule has 0 aliphatic carbocycles. The first-order valence-electron chi connectivity index (χ1n) is 5.35. The van der Waals surface area contributed by atoms with E-state index < -0.39 is 0 Å². The van der Waals surface area contributed by atoms with Gasteiger partial charge in [-0.3, -0.25) is 0 Å². The van der Waals surface area contributed by atoms with Crippen LogP contribution in [0.3, 0.4) is 0 Å². The number of aliphatic hydroxyl groups excluding tert-OH is 1. The number of rotatable bonds is 5. The molecular weight excluding hydrogens is 164 g/mol. The minimum atomic E-state index is -0.355. The van der Waals surface area contributed by atoms with E-state index in [9.17, 15) is 5.11 Å². The van der Waals surface area contributed by atoms with Gasteiger partial charge >= 0.3 is 0 Å². The molecule has 2 nitrogen and oxygen atoms in total. The molecule has 1 unspecified atom stereocenters. The second-order valence-electron chi connectivity index (χ2n) is 3.61. The molecular formula is C11H20O2. The Morgan fingerprint density at radius 3 is 3.00 bits per heavy atom. The number of hydrogen-bond acceptors (Lipinski definition) is 2. The fourth-order valence-corrected chi connectivity index (χ4v) is 1.54. The van der Waals surface area contributed by atoms with Gasteiger partial charge in [-0.05, 0) is 25.3 Å². The van der Waals surface area contributed by atoms with Crippen molar-refractivity contribution in [3.8, 4) is 0 Å². The molecule has 1 rings (SSSR count). The first-order chi connectivity index (χ1) is 6.34. The zero-order valence-electron chi connectivity index (χ0n) is 8.46. The largest absolute Gasteiger partial charge is 0.496 e. The molecule has 1 aliphatic heterocycles. The van der Waals surface area contributed by atoms with E-state index in [1.165, 1.54) is 12.8 Å². The summed E-state index contributed by atoms with van der Waals surface area (Å²) in [5.41, 5.74) is 0. The highest BCUT2D eigenvalue weighted by Gasteiger charge is 2.13. The molecule has 0 saturated carbocycles. The van der Waals surface area contributed by atoms with Gasteiger partial charge in [-0.1, -0.05) is 26.2 Å². The zero-order chi connectivity index (χ0) is 9.52. The van der Waals surface area contributed by atoms with Crippen molar-refractivity contribution in [1.82, 2.24) is 0 Å². The summed E-state index contributed by atoms with van der Waals surface area (Å²) in [5, 5.41) is 9.71. The predicted octanol–water partition coefficient (Wildman–Crippen LogP) is 2.62. The van der Waals surface area contributed by atoms with E-state index in [2.05, 4.69) is 6.92 Å². The monoisotopic (exact) mass is 184 g/mol. The molecule has 0 aromatic heterocycles. The van der Waals surface area contributed by atoms with Gasteiger partial charge in [0, 0.05) is 0 Å². The highest BCUT2D eigenvalue weighted by Crippen LogP contribution is 2.17. The quantitative estimate of drug-likeness (QED) is 0.665. The van der Waals surface area contributed by atoms with Crippen LogP contribution in [0.5, 0.6) is 0 Å². The third-order valence-electron chi connectivity index (χ3n) is 2.37. The van der Waals surface area contributed by atoms with Crippen molar-refractivity contribution in [3.05, 3.63) is 11.8 Å². The Balaban J connectivity index is 2.21. The van der Waals surface area contributed by atoms with E-state index in [1.807, 2.05) is 6.08 Å². The average Bonchev–Trinajstić information content (AvgIpc) is 2.19. The van der Waals surface area contributed by atoms with Gasteiger partial charge in [0.1, 0.15) is 11.9 Å². The summed E-state index contributed by atoms with van der Waals surface area (Å²) in [6.45, 7) is 2.94. The van der Waals surface area contributed by atoms with Gasteiger partial charge in [0.2, 0.25) is 0 Å². The first kappa shape index (κ1) is 10.6. The summed E-state index contributed by atoms with van der Waals surface area (Å²) in [4.78, 5) is 0. The lowest BCUT2D eigenvalue weighted by Crippen LogP contribution is -2.16. The maximum absolute atomic E-state index is 9.71. The van der Waals surface area contributed by atoms with E-state index in [0.29, 0.717) is 0 Å². The van der Waals surface area contributed by atoms with Gasteiger partial charge in [-0.2, -0.15) is 0 Å². The van der Waals surface area contributed by atoms with Gasteiger partial charge in [-0.25, -0.2) is 0 Å². The lowest BCUT2D eigenvalue weighted by atomic mass is 10.1. The zero-order valence-corrected chi connectivity index (χ0v) is 8.46. The third kappa shape index (κ3) is 3.81. The average molecular weight is 184 g/mol. The highest BCUT2D eigenvalue weighted by molar-refractivity contribution is 5.01. The number of aliphatic hydroxyl groups is 1. The van der Waals surface area contributed by atoms with E-state index in [-0.39, 0.29) is 6.10 Å². The summed E-state index contributed by atoms with van der Waals surface area (Å²) in [6.07, 6.45) is 8.16. The number of ether oxygens (including phenoxy) is 1. The van der Waals surface area contributed by atoms with Crippen LogP contribution in [0, 0.1) is 0 Å². The van der Waals surface area contributed by atoms with Crippen molar-refractivity contribution in [2.45, 2.75) is 51.6 Å². The van der Waals surface area contributed by atoms with Crippen molar-refractivity contribution in [2.75, 3.05) is 6.61 Å². The summed E-state index contributed by atoms with van der Waals surface area (Å²) >= 11 is 0. The Morgan fingerprint density at radius 2 is 2.38 bits per heavy atom. The normalized spacial score (nSPS) is 19.1. The van der Waals surface area contributed by atoms with Crippen LogP contribution in [0.2, 0.25) is 0 Å². The minimum Gasteiger partial charge on any atom is -0.496 e. The van der Waals surface area contributed by atoms with Crippen LogP contribution >= 0.6 is 0 Å². The lowest BCUT2D eigenvalue weighted by molar-refractivity contribution is 0.0851. The van der Waals surface area contributed by atoms with Gasteiger partial charge in [-0.15, -0.1) is 0 Å². The first-order valence-corrected chi connectivity index (χ1v) is 5.35. The van der Waals surface area contributed by atoms with Crippen molar-refractivity contribution < 1.29 is 9.84 Å². The molecule has 2 heteroatoms. The van der Waals surface area contributed by atoms with Crippen LogP contribution < -0.4 is 0 Å². The number of allylic oxidation sites excluding steroid dienone is 1. The van der Waals surface area contributed by atoms with E-state index in [1.54, 1.807) is 0 Å². The van der Waals surface area contributed by atoms with Crippen molar-refractivity contribution in [2.24, 2.45) is 0 Å². The molecule has 1 N–H and O–H groups in total. The fraction of sp³-hybridized carbons (Fsp3) is 0.818. The second-order valence-corrected chi connectivity index (χ2v) is 3.61.